The van der Waals surface area contributed by atoms with Crippen LogP contribution in [0.2, 0.25) is 0 Å². The average Bonchev–Trinajstić information content (AvgIpc) is 3.39. The van der Waals surface area contributed by atoms with Gasteiger partial charge < -0.3 is 4.57 Å². The normalized spacial score (nSPS) is 11.8. The molecule has 0 N–H and O–H groups in total. The Hall–Kier alpha value is -3.82. The molecule has 0 unspecified atom stereocenters. The topological polar surface area (TPSA) is 4.93 Å². The zero-order chi connectivity index (χ0) is 21.9. The summed E-state index contributed by atoms with van der Waals surface area (Å²) in [4.78, 5) is 0. The lowest BCUT2D eigenvalue weighted by Gasteiger charge is -2.09. The summed E-state index contributed by atoms with van der Waals surface area (Å²) < 4.78 is 5.01. The zero-order valence-electron chi connectivity index (χ0n) is 17.8. The Labute approximate surface area is 196 Å². The largest absolute Gasteiger partial charge is 0.309 e. The molecule has 0 saturated heterocycles. The third-order valence-corrected chi connectivity index (χ3v) is 7.64. The highest BCUT2D eigenvalue weighted by Crippen LogP contribution is 2.43. The second-order valence-electron chi connectivity index (χ2n) is 8.46. The number of hydrogen-bond acceptors (Lipinski definition) is 1. The molecule has 1 nitrogen and oxygen atoms in total. The van der Waals surface area contributed by atoms with Crippen LogP contribution in [0.15, 0.2) is 109 Å². The molecular weight excluding hydrogens is 417 g/mol. The van der Waals surface area contributed by atoms with Gasteiger partial charge in [0.1, 0.15) is 7.85 Å². The minimum absolute atomic E-state index is 0.788. The molecule has 2 aromatic heterocycles. The number of rotatable bonds is 2. The maximum Gasteiger partial charge on any atom is 0.113 e. The lowest BCUT2D eigenvalue weighted by Crippen LogP contribution is -2.00. The first-order valence-electron chi connectivity index (χ1n) is 11.1. The third kappa shape index (κ3) is 2.79. The Morgan fingerprint density at radius 3 is 2.15 bits per heavy atom. The Kier molecular flexibility index (Phi) is 4.03. The first kappa shape index (κ1) is 18.7. The van der Waals surface area contributed by atoms with E-state index in [4.69, 9.17) is 7.85 Å². The van der Waals surface area contributed by atoms with Crippen LogP contribution in [0.25, 0.3) is 58.8 Å². The van der Waals surface area contributed by atoms with Gasteiger partial charge in [-0.2, -0.15) is 0 Å². The Bertz CT molecular complexity index is 1810. The van der Waals surface area contributed by atoms with E-state index in [0.717, 1.165) is 11.2 Å². The van der Waals surface area contributed by atoms with Crippen LogP contribution >= 0.6 is 11.3 Å². The summed E-state index contributed by atoms with van der Waals surface area (Å²) in [5.41, 5.74) is 6.85. The Morgan fingerprint density at radius 2 is 1.33 bits per heavy atom. The number of thiophene rings is 1. The average molecular weight is 435 g/mol. The van der Waals surface area contributed by atoms with Crippen molar-refractivity contribution in [3.05, 3.63) is 109 Å². The molecule has 0 amide bonds. The van der Waals surface area contributed by atoms with Gasteiger partial charge in [-0.3, -0.25) is 0 Å². The lowest BCUT2D eigenvalue weighted by molar-refractivity contribution is 1.19. The lowest BCUT2D eigenvalue weighted by atomic mass is 9.94. The van der Waals surface area contributed by atoms with Gasteiger partial charge in [-0.05, 0) is 47.5 Å². The minimum atomic E-state index is 0.788. The quantitative estimate of drug-likeness (QED) is 0.246. The second-order valence-corrected chi connectivity index (χ2v) is 9.55. The van der Waals surface area contributed by atoms with Crippen LogP contribution in [0.5, 0.6) is 0 Å². The van der Waals surface area contributed by atoms with Crippen molar-refractivity contribution in [2.24, 2.45) is 0 Å². The monoisotopic (exact) mass is 435 g/mol. The van der Waals surface area contributed by atoms with E-state index in [0.29, 0.717) is 0 Å². The van der Waals surface area contributed by atoms with Crippen molar-refractivity contribution in [1.29, 1.82) is 0 Å². The molecule has 0 saturated carbocycles. The number of hydrogen-bond donors (Lipinski definition) is 0. The smallest absolute Gasteiger partial charge is 0.113 e. The summed E-state index contributed by atoms with van der Waals surface area (Å²) in [7, 11) is 6.22. The maximum atomic E-state index is 6.22. The molecule has 33 heavy (non-hydrogen) atoms. The summed E-state index contributed by atoms with van der Waals surface area (Å²) in [6.45, 7) is 0. The molecule has 0 fully saturated rings. The Balaban J connectivity index is 1.68. The van der Waals surface area contributed by atoms with Crippen LogP contribution in [-0.2, 0) is 0 Å². The standard InChI is InChI=1S/C30H18BNS/c31-21-12-14-26-24(18-21)23-13-16-28-29(30(23)32(26)22-9-5-2-6-10-22)25-17-20(11-15-27(25)33-28)19-7-3-1-4-8-19/h1-18H. The third-order valence-electron chi connectivity index (χ3n) is 6.51. The highest BCUT2D eigenvalue weighted by molar-refractivity contribution is 7.26. The molecule has 5 aromatic carbocycles. The second kappa shape index (κ2) is 7.09. The molecule has 0 spiro atoms. The van der Waals surface area contributed by atoms with Crippen molar-refractivity contribution in [2.45, 2.75) is 0 Å². The molecule has 0 aliphatic carbocycles. The summed E-state index contributed by atoms with van der Waals surface area (Å²) in [6, 6.07) is 38.9. The molecule has 3 heteroatoms. The fourth-order valence-electron chi connectivity index (χ4n) is 5.04. The van der Waals surface area contributed by atoms with Crippen LogP contribution < -0.4 is 5.46 Å². The zero-order valence-corrected chi connectivity index (χ0v) is 18.6. The highest BCUT2D eigenvalue weighted by Gasteiger charge is 2.18. The summed E-state index contributed by atoms with van der Waals surface area (Å²) in [6.07, 6.45) is 0. The molecule has 0 atom stereocenters. The van der Waals surface area contributed by atoms with Crippen molar-refractivity contribution >= 4 is 66.6 Å². The van der Waals surface area contributed by atoms with Gasteiger partial charge in [0, 0.05) is 36.6 Å². The number of fused-ring (bicyclic) bond motifs is 7. The maximum absolute atomic E-state index is 6.22. The van der Waals surface area contributed by atoms with E-state index in [1.807, 2.05) is 17.4 Å². The SMILES string of the molecule is [B]c1ccc2c(c1)c1ccc3sc4ccc(-c5ccccc5)cc4c3c1n2-c1ccccc1. The van der Waals surface area contributed by atoms with E-state index in [2.05, 4.69) is 108 Å². The molecule has 0 aliphatic rings. The van der Waals surface area contributed by atoms with Crippen LogP contribution in [-0.4, -0.2) is 12.4 Å². The van der Waals surface area contributed by atoms with Gasteiger partial charge in [0.15, 0.2) is 0 Å². The van der Waals surface area contributed by atoms with Gasteiger partial charge in [0.25, 0.3) is 0 Å². The van der Waals surface area contributed by atoms with E-state index in [1.165, 1.54) is 53.1 Å². The first-order valence-corrected chi connectivity index (χ1v) is 11.9. The van der Waals surface area contributed by atoms with Crippen LogP contribution in [0.3, 0.4) is 0 Å². The number of benzene rings is 5. The van der Waals surface area contributed by atoms with Gasteiger partial charge in [0.05, 0.1) is 11.0 Å². The van der Waals surface area contributed by atoms with Gasteiger partial charge in [0.2, 0.25) is 0 Å². The van der Waals surface area contributed by atoms with Crippen LogP contribution in [0.4, 0.5) is 0 Å². The van der Waals surface area contributed by atoms with E-state index in [1.54, 1.807) is 0 Å². The molecule has 2 radical (unpaired) electrons. The molecule has 0 aliphatic heterocycles. The van der Waals surface area contributed by atoms with Crippen LogP contribution in [0, 0.1) is 0 Å². The number of nitrogens with zero attached hydrogens (tertiary/aromatic N) is 1. The summed E-state index contributed by atoms with van der Waals surface area (Å²) in [5.74, 6) is 0. The van der Waals surface area contributed by atoms with E-state index in [-0.39, 0.29) is 0 Å². The van der Waals surface area contributed by atoms with E-state index >= 15 is 0 Å². The number of aromatic nitrogens is 1. The highest BCUT2D eigenvalue weighted by atomic mass is 32.1. The van der Waals surface area contributed by atoms with E-state index in [9.17, 15) is 0 Å². The van der Waals surface area contributed by atoms with Gasteiger partial charge in [-0.25, -0.2) is 0 Å². The van der Waals surface area contributed by atoms with Crippen LogP contribution in [0.1, 0.15) is 0 Å². The predicted molar refractivity (Wildman–Crippen MR) is 144 cm³/mol. The summed E-state index contributed by atoms with van der Waals surface area (Å²) >= 11 is 1.86. The van der Waals surface area contributed by atoms with Crippen molar-refractivity contribution in [1.82, 2.24) is 4.57 Å². The van der Waals surface area contributed by atoms with E-state index < -0.39 is 0 Å². The molecule has 2 heterocycles. The first-order chi connectivity index (χ1) is 16.3. The molecule has 152 valence electrons. The predicted octanol–water partition coefficient (Wildman–Crippen LogP) is 7.61. The Morgan fingerprint density at radius 1 is 0.576 bits per heavy atom. The van der Waals surface area contributed by atoms with Crippen molar-refractivity contribution in [2.75, 3.05) is 0 Å². The molecule has 7 rings (SSSR count). The fraction of sp³-hybridized carbons (Fsp3) is 0. The number of para-hydroxylation sites is 1. The van der Waals surface area contributed by atoms with Crippen molar-refractivity contribution in [3.8, 4) is 16.8 Å². The molecular formula is C30H18BNS. The van der Waals surface area contributed by atoms with Gasteiger partial charge in [-0.1, -0.05) is 78.3 Å². The van der Waals surface area contributed by atoms with Crippen molar-refractivity contribution < 1.29 is 0 Å². The fourth-order valence-corrected chi connectivity index (χ4v) is 6.13. The van der Waals surface area contributed by atoms with Crippen molar-refractivity contribution in [3.63, 3.8) is 0 Å². The molecule has 7 aromatic rings. The van der Waals surface area contributed by atoms with Gasteiger partial charge >= 0.3 is 0 Å². The summed E-state index contributed by atoms with van der Waals surface area (Å²) in [5, 5.41) is 5.03. The molecule has 0 bridgehead atoms. The van der Waals surface area contributed by atoms with Gasteiger partial charge in [-0.15, -0.1) is 11.3 Å². The minimum Gasteiger partial charge on any atom is -0.309 e.